The van der Waals surface area contributed by atoms with E-state index in [9.17, 15) is 0 Å². The monoisotopic (exact) mass is 177 g/mol. The minimum absolute atomic E-state index is 0.325. The van der Waals surface area contributed by atoms with Crippen molar-refractivity contribution in [3.8, 4) is 0 Å². The van der Waals surface area contributed by atoms with Crippen molar-refractivity contribution in [2.24, 2.45) is 0 Å². The molecular weight excluding hydrogens is 162 g/mol. The number of allylic oxidation sites excluding steroid dienone is 2. The number of likely N-dealkylation sites (N-methyl/N-ethyl adjacent to an activating group) is 1. The van der Waals surface area contributed by atoms with Crippen molar-refractivity contribution >= 4 is 5.71 Å². The highest BCUT2D eigenvalue weighted by atomic mass is 15.1. The van der Waals surface area contributed by atoms with E-state index in [1.54, 1.807) is 0 Å². The van der Waals surface area contributed by atoms with E-state index in [1.165, 1.54) is 5.57 Å². The normalized spacial score (nSPS) is 22.5. The Kier molecular flexibility index (Phi) is 2.81. The number of hydrogen-bond acceptors (Lipinski definition) is 1. The first-order valence-electron chi connectivity index (χ1n) is 4.31. The summed E-state index contributed by atoms with van der Waals surface area (Å²) in [5.74, 6) is 0. The van der Waals surface area contributed by atoms with E-state index in [1.807, 2.05) is 34.0 Å². The molecule has 0 aromatic rings. The van der Waals surface area contributed by atoms with Crippen LogP contribution in [0.1, 0.15) is 13.8 Å². The van der Waals surface area contributed by atoms with Gasteiger partial charge >= 0.3 is 5.71 Å². The van der Waals surface area contributed by atoms with Gasteiger partial charge in [-0.2, -0.15) is 4.79 Å². The Bertz CT molecular complexity index is 317. The van der Waals surface area contributed by atoms with Crippen LogP contribution in [0.25, 0.3) is 5.53 Å². The third kappa shape index (κ3) is 1.94. The molecule has 0 saturated carbocycles. The number of hydrogen-bond donors (Lipinski definition) is 0. The molecule has 13 heavy (non-hydrogen) atoms. The first-order valence-corrected chi connectivity index (χ1v) is 4.31. The van der Waals surface area contributed by atoms with Gasteiger partial charge in [0.05, 0.1) is 0 Å². The lowest BCUT2D eigenvalue weighted by molar-refractivity contribution is -0.00280. The molecule has 0 heterocycles. The summed E-state index contributed by atoms with van der Waals surface area (Å²) in [6.45, 7) is 3.99. The minimum atomic E-state index is 0.325. The first kappa shape index (κ1) is 9.90. The molecule has 1 atom stereocenters. The van der Waals surface area contributed by atoms with Gasteiger partial charge in [0.1, 0.15) is 0 Å². The molecule has 3 nitrogen and oxygen atoms in total. The molecule has 1 aliphatic carbocycles. The van der Waals surface area contributed by atoms with Gasteiger partial charge in [-0.3, -0.25) is 4.90 Å². The van der Waals surface area contributed by atoms with Crippen molar-refractivity contribution in [2.75, 3.05) is 14.1 Å². The van der Waals surface area contributed by atoms with Crippen LogP contribution in [0, 0.1) is 0 Å². The molecule has 0 fully saturated rings. The van der Waals surface area contributed by atoms with E-state index in [0.717, 1.165) is 5.57 Å². The van der Waals surface area contributed by atoms with Crippen molar-refractivity contribution in [1.82, 2.24) is 4.90 Å². The molecule has 3 heteroatoms. The largest absolute Gasteiger partial charge is 0.361 e. The fourth-order valence-electron chi connectivity index (χ4n) is 1.53. The third-order valence-corrected chi connectivity index (χ3v) is 2.31. The molecule has 0 saturated heterocycles. The Hall–Kier alpha value is -1.18. The Morgan fingerprint density at radius 2 is 2.00 bits per heavy atom. The van der Waals surface area contributed by atoms with E-state index in [0.29, 0.717) is 11.8 Å². The maximum Gasteiger partial charge on any atom is 0.317 e. The van der Waals surface area contributed by atoms with Crippen LogP contribution in [0.5, 0.6) is 0 Å². The van der Waals surface area contributed by atoms with Crippen LogP contribution in [0.15, 0.2) is 23.3 Å². The fourth-order valence-corrected chi connectivity index (χ4v) is 1.53. The fraction of sp³-hybridized carbons (Fsp3) is 0.500. The van der Waals surface area contributed by atoms with Crippen LogP contribution in [-0.2, 0) is 0 Å². The van der Waals surface area contributed by atoms with E-state index >= 15 is 0 Å². The van der Waals surface area contributed by atoms with Crippen LogP contribution in [-0.4, -0.2) is 35.5 Å². The highest BCUT2D eigenvalue weighted by Gasteiger charge is 2.21. The Morgan fingerprint density at radius 1 is 1.38 bits per heavy atom. The van der Waals surface area contributed by atoms with Crippen LogP contribution >= 0.6 is 0 Å². The van der Waals surface area contributed by atoms with Gasteiger partial charge in [0.2, 0.25) is 0 Å². The molecule has 1 unspecified atom stereocenters. The number of nitrogens with zero attached hydrogens (tertiary/aromatic N) is 3. The number of rotatable bonds is 1. The zero-order valence-electron chi connectivity index (χ0n) is 8.57. The van der Waals surface area contributed by atoms with Gasteiger partial charge < -0.3 is 5.53 Å². The average Bonchev–Trinajstić information content (AvgIpc) is 2.07. The molecule has 70 valence electrons. The van der Waals surface area contributed by atoms with Crippen LogP contribution in [0.2, 0.25) is 0 Å². The quantitative estimate of drug-likeness (QED) is 0.442. The highest BCUT2D eigenvalue weighted by Crippen LogP contribution is 2.17. The van der Waals surface area contributed by atoms with Gasteiger partial charge in [0, 0.05) is 17.7 Å². The van der Waals surface area contributed by atoms with Gasteiger partial charge in [-0.15, -0.1) is 0 Å². The molecule has 0 bridgehead atoms. The summed E-state index contributed by atoms with van der Waals surface area (Å²) in [5, 5.41) is 0. The van der Waals surface area contributed by atoms with E-state index in [4.69, 9.17) is 5.53 Å². The van der Waals surface area contributed by atoms with E-state index < -0.39 is 0 Å². The summed E-state index contributed by atoms with van der Waals surface area (Å²) in [5.41, 5.74) is 11.6. The molecule has 0 spiro atoms. The van der Waals surface area contributed by atoms with Gasteiger partial charge in [-0.05, 0) is 33.5 Å². The predicted octanol–water partition coefficient (Wildman–Crippen LogP) is 1.49. The van der Waals surface area contributed by atoms with E-state index in [-0.39, 0.29) is 0 Å². The third-order valence-electron chi connectivity index (χ3n) is 2.31. The standard InChI is InChI=1S/C10H15N3/c1-7-6-10(13(3)4)8(2)5-9(7)12-11/h5-6,10H,1-4H3. The lowest BCUT2D eigenvalue weighted by Gasteiger charge is -2.24. The molecule has 0 aliphatic heterocycles. The van der Waals surface area contributed by atoms with Crippen LogP contribution < -0.4 is 0 Å². The van der Waals surface area contributed by atoms with Crippen molar-refractivity contribution in [2.45, 2.75) is 19.9 Å². The molecule has 0 radical (unpaired) electrons. The minimum Gasteiger partial charge on any atom is -0.361 e. The Labute approximate surface area is 79.0 Å². The van der Waals surface area contributed by atoms with Gasteiger partial charge in [-0.1, -0.05) is 6.08 Å². The first-order chi connectivity index (χ1) is 6.06. The second-order valence-corrected chi connectivity index (χ2v) is 3.63. The lowest BCUT2D eigenvalue weighted by atomic mass is 9.95. The Balaban J connectivity index is 3.05. The SMILES string of the molecule is CC1=CC(N(C)C)C(C)=CC1=[N+]=[N-]. The second-order valence-electron chi connectivity index (χ2n) is 3.63. The summed E-state index contributed by atoms with van der Waals surface area (Å²) >= 11 is 0. The van der Waals surface area contributed by atoms with Crippen molar-refractivity contribution < 1.29 is 4.79 Å². The molecule has 0 aromatic carbocycles. The maximum atomic E-state index is 8.69. The van der Waals surface area contributed by atoms with Gasteiger partial charge in [0.25, 0.3) is 0 Å². The summed E-state index contributed by atoms with van der Waals surface area (Å²) in [6, 6.07) is 0.325. The summed E-state index contributed by atoms with van der Waals surface area (Å²) in [7, 11) is 4.07. The zero-order chi connectivity index (χ0) is 10.0. The van der Waals surface area contributed by atoms with Gasteiger partial charge in [-0.25, -0.2) is 0 Å². The summed E-state index contributed by atoms with van der Waals surface area (Å²) < 4.78 is 0. The lowest BCUT2D eigenvalue weighted by Crippen LogP contribution is -2.30. The topological polar surface area (TPSA) is 39.6 Å². The molecular formula is C10H15N3. The van der Waals surface area contributed by atoms with Crippen LogP contribution in [0.3, 0.4) is 0 Å². The molecule has 1 aliphatic rings. The van der Waals surface area contributed by atoms with Crippen molar-refractivity contribution in [3.63, 3.8) is 0 Å². The van der Waals surface area contributed by atoms with Crippen LogP contribution in [0.4, 0.5) is 0 Å². The average molecular weight is 177 g/mol. The van der Waals surface area contributed by atoms with Crippen molar-refractivity contribution in [3.05, 3.63) is 28.8 Å². The highest BCUT2D eigenvalue weighted by molar-refractivity contribution is 6.05. The molecule has 1 rings (SSSR count). The van der Waals surface area contributed by atoms with Gasteiger partial charge in [0.15, 0.2) is 0 Å². The zero-order valence-corrected chi connectivity index (χ0v) is 8.57. The second kappa shape index (κ2) is 3.69. The molecule has 0 amide bonds. The summed E-state index contributed by atoms with van der Waals surface area (Å²) in [6.07, 6.45) is 4.02. The Morgan fingerprint density at radius 3 is 2.46 bits per heavy atom. The molecule has 0 aromatic heterocycles. The van der Waals surface area contributed by atoms with E-state index in [2.05, 4.69) is 15.8 Å². The smallest absolute Gasteiger partial charge is 0.317 e. The predicted molar refractivity (Wildman–Crippen MR) is 53.6 cm³/mol. The maximum absolute atomic E-state index is 8.69. The van der Waals surface area contributed by atoms with Crippen molar-refractivity contribution in [1.29, 1.82) is 0 Å². The summed E-state index contributed by atoms with van der Waals surface area (Å²) in [4.78, 5) is 5.35. The molecule has 0 N–H and O–H groups in total.